The van der Waals surface area contributed by atoms with Crippen LogP contribution in [0, 0.1) is 5.92 Å². The van der Waals surface area contributed by atoms with Crippen LogP contribution in [0.25, 0.3) is 0 Å². The first kappa shape index (κ1) is 17.9. The number of hydrogen-bond acceptors (Lipinski definition) is 5. The van der Waals surface area contributed by atoms with Gasteiger partial charge in [0.15, 0.2) is 0 Å². The van der Waals surface area contributed by atoms with E-state index in [0.29, 0.717) is 37.9 Å². The van der Waals surface area contributed by atoms with Crippen molar-refractivity contribution < 1.29 is 14.3 Å². The molecule has 6 heteroatoms. The fourth-order valence-electron chi connectivity index (χ4n) is 3.95. The smallest absolute Gasteiger partial charge is 0.228 e. The third-order valence-corrected chi connectivity index (χ3v) is 5.38. The number of likely N-dealkylation sites (tertiary alicyclic amines) is 1. The summed E-state index contributed by atoms with van der Waals surface area (Å²) >= 11 is 0. The van der Waals surface area contributed by atoms with E-state index in [0.717, 1.165) is 31.6 Å². The van der Waals surface area contributed by atoms with Crippen molar-refractivity contribution in [1.29, 1.82) is 0 Å². The fourth-order valence-corrected chi connectivity index (χ4v) is 3.95. The highest BCUT2D eigenvalue weighted by molar-refractivity contribution is 5.79. The Balaban J connectivity index is 1.22. The third-order valence-electron chi connectivity index (χ3n) is 5.38. The molecule has 142 valence electrons. The van der Waals surface area contributed by atoms with Crippen molar-refractivity contribution in [1.82, 2.24) is 14.9 Å². The van der Waals surface area contributed by atoms with Crippen LogP contribution in [0.15, 0.2) is 48.8 Å². The average molecular weight is 367 g/mol. The molecule has 1 atom stereocenters. The number of nitrogens with zero attached hydrogens (tertiary/aromatic N) is 3. The number of carbonyl (C=O) groups excluding carboxylic acids is 1. The van der Waals surface area contributed by atoms with Crippen LogP contribution < -0.4 is 4.74 Å². The second-order valence-corrected chi connectivity index (χ2v) is 7.44. The first-order valence-electron chi connectivity index (χ1n) is 9.58. The summed E-state index contributed by atoms with van der Waals surface area (Å²) in [6.07, 6.45) is 6.86. The highest BCUT2D eigenvalue weighted by Crippen LogP contribution is 2.38. The lowest BCUT2D eigenvalue weighted by molar-refractivity contribution is -0.188. The van der Waals surface area contributed by atoms with E-state index in [1.165, 1.54) is 0 Å². The largest absolute Gasteiger partial charge is 0.478 e. The topological polar surface area (TPSA) is 64.6 Å². The Labute approximate surface area is 159 Å². The molecule has 2 aromatic heterocycles. The Bertz CT molecular complexity index is 748. The Morgan fingerprint density at radius 3 is 2.74 bits per heavy atom. The zero-order chi connectivity index (χ0) is 18.5. The van der Waals surface area contributed by atoms with Gasteiger partial charge in [0.05, 0.1) is 26.1 Å². The van der Waals surface area contributed by atoms with Crippen molar-refractivity contribution in [3.8, 4) is 5.88 Å². The summed E-state index contributed by atoms with van der Waals surface area (Å²) in [5, 5.41) is 0. The lowest BCUT2D eigenvalue weighted by Gasteiger charge is -2.53. The molecule has 1 spiro atoms. The molecule has 1 unspecified atom stereocenters. The number of ether oxygens (including phenoxy) is 2. The van der Waals surface area contributed by atoms with Crippen LogP contribution in [0.2, 0.25) is 0 Å². The van der Waals surface area contributed by atoms with Crippen molar-refractivity contribution in [3.05, 3.63) is 54.5 Å². The van der Waals surface area contributed by atoms with E-state index in [9.17, 15) is 4.79 Å². The van der Waals surface area contributed by atoms with Crippen LogP contribution in [0.1, 0.15) is 25.0 Å². The Kier molecular flexibility index (Phi) is 5.34. The minimum Gasteiger partial charge on any atom is -0.478 e. The number of aromatic nitrogens is 2. The van der Waals surface area contributed by atoms with E-state index in [4.69, 9.17) is 9.47 Å². The van der Waals surface area contributed by atoms with Crippen molar-refractivity contribution in [3.63, 3.8) is 0 Å². The van der Waals surface area contributed by atoms with E-state index >= 15 is 0 Å². The minimum atomic E-state index is -0.159. The number of amides is 1. The molecule has 4 rings (SSSR count). The maximum Gasteiger partial charge on any atom is 0.228 e. The first-order chi connectivity index (χ1) is 13.2. The average Bonchev–Trinajstić information content (AvgIpc) is 2.68. The molecular weight excluding hydrogens is 342 g/mol. The van der Waals surface area contributed by atoms with Gasteiger partial charge in [0.2, 0.25) is 11.8 Å². The first-order valence-corrected chi connectivity index (χ1v) is 9.58. The molecule has 0 aromatic carbocycles. The van der Waals surface area contributed by atoms with Crippen molar-refractivity contribution >= 4 is 5.91 Å². The Hall–Kier alpha value is -2.47. The molecule has 0 N–H and O–H groups in total. The molecule has 2 fully saturated rings. The quantitative estimate of drug-likeness (QED) is 0.785. The van der Waals surface area contributed by atoms with Gasteiger partial charge >= 0.3 is 0 Å². The fraction of sp³-hybridized carbons (Fsp3) is 0.476. The number of rotatable bonds is 6. The van der Waals surface area contributed by atoms with Gasteiger partial charge in [0.1, 0.15) is 5.60 Å². The summed E-state index contributed by atoms with van der Waals surface area (Å²) in [6.45, 7) is 2.81. The zero-order valence-electron chi connectivity index (χ0n) is 15.4. The molecule has 27 heavy (non-hydrogen) atoms. The maximum absolute atomic E-state index is 12.4. The zero-order valence-corrected chi connectivity index (χ0v) is 15.4. The number of pyridine rings is 2. The normalized spacial score (nSPS) is 20.9. The van der Waals surface area contributed by atoms with Crippen LogP contribution in [0.5, 0.6) is 5.88 Å². The van der Waals surface area contributed by atoms with Crippen molar-refractivity contribution in [2.75, 3.05) is 26.3 Å². The van der Waals surface area contributed by atoms with Gasteiger partial charge < -0.3 is 14.4 Å². The van der Waals surface area contributed by atoms with Gasteiger partial charge in [0, 0.05) is 30.8 Å². The van der Waals surface area contributed by atoms with Crippen LogP contribution in [-0.2, 0) is 16.0 Å². The molecule has 2 aliphatic rings. The Morgan fingerprint density at radius 1 is 1.19 bits per heavy atom. The minimum absolute atomic E-state index is 0.128. The number of hydrogen-bond donors (Lipinski definition) is 0. The standard InChI is InChI=1S/C21H25N3O3/c25-20(13-18-5-1-3-9-22-18)24-15-21(16-24)14-17(8-12-27-21)7-11-26-19-6-2-4-10-23-19/h1-6,9-10,17H,7-8,11-16H2. The van der Waals surface area contributed by atoms with E-state index in [1.54, 1.807) is 12.4 Å². The molecular formula is C21H25N3O3. The molecule has 0 saturated carbocycles. The molecule has 0 radical (unpaired) electrons. The molecule has 1 amide bonds. The molecule has 0 bridgehead atoms. The van der Waals surface area contributed by atoms with Gasteiger partial charge in [-0.05, 0) is 43.4 Å². The predicted octanol–water partition coefficient (Wildman–Crippen LogP) is 2.50. The summed E-state index contributed by atoms with van der Waals surface area (Å²) in [5.41, 5.74) is 0.658. The molecule has 2 aromatic rings. The van der Waals surface area contributed by atoms with Gasteiger partial charge in [-0.3, -0.25) is 9.78 Å². The molecule has 6 nitrogen and oxygen atoms in total. The summed E-state index contributed by atoms with van der Waals surface area (Å²) in [6, 6.07) is 11.4. The van der Waals surface area contributed by atoms with Crippen LogP contribution in [0.3, 0.4) is 0 Å². The highest BCUT2D eigenvalue weighted by Gasteiger charge is 2.48. The van der Waals surface area contributed by atoms with Gasteiger partial charge in [0.25, 0.3) is 0 Å². The predicted molar refractivity (Wildman–Crippen MR) is 100 cm³/mol. The summed E-state index contributed by atoms with van der Waals surface area (Å²) < 4.78 is 11.8. The van der Waals surface area contributed by atoms with Gasteiger partial charge in [-0.25, -0.2) is 4.98 Å². The van der Waals surface area contributed by atoms with Crippen molar-refractivity contribution in [2.24, 2.45) is 5.92 Å². The lowest BCUT2D eigenvalue weighted by atomic mass is 9.79. The van der Waals surface area contributed by atoms with E-state index in [-0.39, 0.29) is 11.5 Å². The SMILES string of the molecule is O=C(Cc1ccccn1)N1CC2(CC(CCOc3ccccn3)CCO2)C1. The van der Waals surface area contributed by atoms with Crippen LogP contribution >= 0.6 is 0 Å². The van der Waals surface area contributed by atoms with Gasteiger partial charge in [-0.1, -0.05) is 12.1 Å². The summed E-state index contributed by atoms with van der Waals surface area (Å²) in [4.78, 5) is 22.7. The van der Waals surface area contributed by atoms with Crippen molar-refractivity contribution in [2.45, 2.75) is 31.3 Å². The monoisotopic (exact) mass is 367 g/mol. The van der Waals surface area contributed by atoms with Crippen LogP contribution in [-0.4, -0.2) is 52.7 Å². The third kappa shape index (κ3) is 4.45. The second kappa shape index (κ2) is 8.05. The molecule has 2 aliphatic heterocycles. The van der Waals surface area contributed by atoms with Gasteiger partial charge in [-0.2, -0.15) is 0 Å². The lowest BCUT2D eigenvalue weighted by Crippen LogP contribution is -2.66. The van der Waals surface area contributed by atoms with E-state index in [1.807, 2.05) is 41.3 Å². The van der Waals surface area contributed by atoms with Crippen LogP contribution in [0.4, 0.5) is 0 Å². The molecule has 4 heterocycles. The number of carbonyl (C=O) groups is 1. The molecule has 0 aliphatic carbocycles. The molecule has 2 saturated heterocycles. The van der Waals surface area contributed by atoms with E-state index in [2.05, 4.69) is 9.97 Å². The van der Waals surface area contributed by atoms with E-state index < -0.39 is 0 Å². The second-order valence-electron chi connectivity index (χ2n) is 7.44. The highest BCUT2D eigenvalue weighted by atomic mass is 16.5. The Morgan fingerprint density at radius 2 is 2.00 bits per heavy atom. The maximum atomic E-state index is 12.4. The summed E-state index contributed by atoms with van der Waals surface area (Å²) in [7, 11) is 0. The van der Waals surface area contributed by atoms with Gasteiger partial charge in [-0.15, -0.1) is 0 Å². The summed E-state index contributed by atoms with van der Waals surface area (Å²) in [5.74, 6) is 1.37.